The molecule has 0 bridgehead atoms. The number of benzene rings is 2. The molecule has 0 aliphatic carbocycles. The number of furan rings is 1. The van der Waals surface area contributed by atoms with Gasteiger partial charge in [-0.2, -0.15) is 0 Å². The van der Waals surface area contributed by atoms with E-state index in [1.807, 2.05) is 24.3 Å². The smallest absolute Gasteiger partial charge is 0.291 e. The van der Waals surface area contributed by atoms with Crippen molar-refractivity contribution < 1.29 is 18.4 Å². The Kier molecular flexibility index (Phi) is 5.19. The molecule has 3 heterocycles. The monoisotopic (exact) mass is 491 g/mol. The van der Waals surface area contributed by atoms with Crippen LogP contribution in [0.4, 0.5) is 0 Å². The van der Waals surface area contributed by atoms with E-state index >= 15 is 0 Å². The van der Waals surface area contributed by atoms with Crippen molar-refractivity contribution in [2.45, 2.75) is 12.6 Å². The van der Waals surface area contributed by atoms with Gasteiger partial charge >= 0.3 is 0 Å². The SMILES string of the molecule is C=CCOc1ccc(C2c3c(oc4ccc(Br)cc4c3=O)C(=O)N2Cc2ccco2)cc1. The van der Waals surface area contributed by atoms with Crippen LogP contribution in [-0.2, 0) is 6.54 Å². The number of amides is 1. The first-order valence-electron chi connectivity index (χ1n) is 10.00. The predicted octanol–water partition coefficient (Wildman–Crippen LogP) is 5.46. The second-order valence-corrected chi connectivity index (χ2v) is 8.31. The normalized spacial score (nSPS) is 15.2. The molecule has 0 saturated carbocycles. The summed E-state index contributed by atoms with van der Waals surface area (Å²) in [5.74, 6) is 0.996. The largest absolute Gasteiger partial charge is 0.490 e. The molecule has 160 valence electrons. The second kappa shape index (κ2) is 8.16. The third-order valence-electron chi connectivity index (χ3n) is 5.40. The lowest BCUT2D eigenvalue weighted by Gasteiger charge is -2.24. The van der Waals surface area contributed by atoms with Gasteiger partial charge in [-0.3, -0.25) is 9.59 Å². The van der Waals surface area contributed by atoms with E-state index in [0.717, 1.165) is 10.0 Å². The summed E-state index contributed by atoms with van der Waals surface area (Å²) in [5.41, 5.74) is 1.25. The fourth-order valence-corrected chi connectivity index (χ4v) is 4.34. The van der Waals surface area contributed by atoms with Gasteiger partial charge in [0.15, 0.2) is 5.43 Å². The Bertz CT molecular complexity index is 1370. The number of nitrogens with zero attached hydrogens (tertiary/aromatic N) is 1. The van der Waals surface area contributed by atoms with Crippen molar-refractivity contribution in [3.63, 3.8) is 0 Å². The first kappa shape index (κ1) is 20.3. The van der Waals surface area contributed by atoms with Gasteiger partial charge in [-0.15, -0.1) is 0 Å². The molecule has 1 amide bonds. The van der Waals surface area contributed by atoms with Crippen LogP contribution >= 0.6 is 15.9 Å². The number of hydrogen-bond acceptors (Lipinski definition) is 5. The molecule has 2 aromatic carbocycles. The Balaban J connectivity index is 1.67. The summed E-state index contributed by atoms with van der Waals surface area (Å²) >= 11 is 3.41. The predicted molar refractivity (Wildman–Crippen MR) is 123 cm³/mol. The lowest BCUT2D eigenvalue weighted by molar-refractivity contribution is 0.0701. The van der Waals surface area contributed by atoms with Gasteiger partial charge in [0, 0.05) is 4.47 Å². The molecular weight excluding hydrogens is 474 g/mol. The van der Waals surface area contributed by atoms with E-state index in [4.69, 9.17) is 13.6 Å². The third kappa shape index (κ3) is 3.44. The van der Waals surface area contributed by atoms with Crippen LogP contribution < -0.4 is 10.2 Å². The lowest BCUT2D eigenvalue weighted by Crippen LogP contribution is -2.29. The topological polar surface area (TPSA) is 72.9 Å². The fraction of sp³-hybridized carbons (Fsp3) is 0.120. The Morgan fingerprint density at radius 2 is 1.94 bits per heavy atom. The van der Waals surface area contributed by atoms with Gasteiger partial charge in [0.1, 0.15) is 23.7 Å². The Labute approximate surface area is 191 Å². The molecule has 0 spiro atoms. The molecule has 0 radical (unpaired) electrons. The Morgan fingerprint density at radius 1 is 1.12 bits per heavy atom. The van der Waals surface area contributed by atoms with Crippen molar-refractivity contribution in [3.8, 4) is 5.75 Å². The third-order valence-corrected chi connectivity index (χ3v) is 5.89. The molecule has 0 saturated heterocycles. The van der Waals surface area contributed by atoms with Crippen molar-refractivity contribution in [1.82, 2.24) is 4.90 Å². The van der Waals surface area contributed by atoms with Gasteiger partial charge < -0.3 is 18.5 Å². The maximum absolute atomic E-state index is 13.5. The Hall–Kier alpha value is -3.58. The number of rotatable bonds is 6. The van der Waals surface area contributed by atoms with Crippen LogP contribution in [0.5, 0.6) is 5.75 Å². The van der Waals surface area contributed by atoms with E-state index in [9.17, 15) is 9.59 Å². The number of halogens is 1. The van der Waals surface area contributed by atoms with Gasteiger partial charge in [0.05, 0.1) is 29.8 Å². The zero-order chi connectivity index (χ0) is 22.2. The minimum atomic E-state index is -0.615. The summed E-state index contributed by atoms with van der Waals surface area (Å²) in [6, 6.07) is 15.4. The molecule has 0 fully saturated rings. The second-order valence-electron chi connectivity index (χ2n) is 7.40. The highest BCUT2D eigenvalue weighted by Gasteiger charge is 2.43. The molecular formula is C25H18BrNO5. The van der Waals surface area contributed by atoms with Gasteiger partial charge in [-0.1, -0.05) is 40.7 Å². The van der Waals surface area contributed by atoms with Gasteiger partial charge in [0.25, 0.3) is 5.91 Å². The lowest BCUT2D eigenvalue weighted by atomic mass is 9.98. The average Bonchev–Trinajstić information content (AvgIpc) is 3.41. The Morgan fingerprint density at radius 3 is 2.66 bits per heavy atom. The van der Waals surface area contributed by atoms with Gasteiger partial charge in [-0.25, -0.2) is 0 Å². The molecule has 5 rings (SSSR count). The summed E-state index contributed by atoms with van der Waals surface area (Å²) in [6.07, 6.45) is 3.22. The van der Waals surface area contributed by atoms with Crippen LogP contribution in [0.2, 0.25) is 0 Å². The first-order valence-corrected chi connectivity index (χ1v) is 10.8. The van der Waals surface area contributed by atoms with Crippen LogP contribution in [0.25, 0.3) is 11.0 Å². The molecule has 4 aromatic rings. The van der Waals surface area contributed by atoms with Gasteiger partial charge in [0.2, 0.25) is 5.76 Å². The van der Waals surface area contributed by atoms with Crippen molar-refractivity contribution in [3.05, 3.63) is 111 Å². The van der Waals surface area contributed by atoms with E-state index in [2.05, 4.69) is 22.5 Å². The molecule has 32 heavy (non-hydrogen) atoms. The van der Waals surface area contributed by atoms with Crippen molar-refractivity contribution in [2.24, 2.45) is 0 Å². The minimum Gasteiger partial charge on any atom is -0.490 e. The highest BCUT2D eigenvalue weighted by Crippen LogP contribution is 2.39. The quantitative estimate of drug-likeness (QED) is 0.335. The number of hydrogen-bond donors (Lipinski definition) is 0. The van der Waals surface area contributed by atoms with Gasteiger partial charge in [-0.05, 0) is 48.0 Å². The average molecular weight is 492 g/mol. The summed E-state index contributed by atoms with van der Waals surface area (Å²) in [5, 5.41) is 0.418. The van der Waals surface area contributed by atoms with Crippen LogP contribution in [0.15, 0.2) is 91.6 Å². The molecule has 1 aliphatic heterocycles. The van der Waals surface area contributed by atoms with Crippen LogP contribution in [-0.4, -0.2) is 17.4 Å². The van der Waals surface area contributed by atoms with Crippen LogP contribution in [0.3, 0.4) is 0 Å². The number of fused-ring (bicyclic) bond motifs is 2. The zero-order valence-corrected chi connectivity index (χ0v) is 18.5. The molecule has 0 N–H and O–H groups in total. The van der Waals surface area contributed by atoms with Crippen molar-refractivity contribution >= 4 is 32.8 Å². The standard InChI is InChI=1S/C25H18BrNO5/c1-2-11-30-17-8-5-15(6-9-17)22-21-23(28)19-13-16(26)7-10-20(19)32-24(21)25(29)27(22)14-18-4-3-12-31-18/h2-10,12-13,22H,1,11,14H2. The van der Waals surface area contributed by atoms with E-state index < -0.39 is 6.04 Å². The van der Waals surface area contributed by atoms with Crippen LogP contribution in [0.1, 0.15) is 33.5 Å². The number of carbonyl (C=O) groups excluding carboxylic acids is 1. The molecule has 1 unspecified atom stereocenters. The highest BCUT2D eigenvalue weighted by atomic mass is 79.9. The summed E-state index contributed by atoms with van der Waals surface area (Å²) in [6.45, 7) is 4.24. The zero-order valence-electron chi connectivity index (χ0n) is 16.9. The minimum absolute atomic E-state index is 0.0633. The van der Waals surface area contributed by atoms with E-state index in [1.165, 1.54) is 0 Å². The molecule has 2 aromatic heterocycles. The fourth-order valence-electron chi connectivity index (χ4n) is 3.97. The molecule has 6 nitrogen and oxygen atoms in total. The molecule has 1 atom stereocenters. The van der Waals surface area contributed by atoms with Crippen molar-refractivity contribution in [2.75, 3.05) is 6.61 Å². The van der Waals surface area contributed by atoms with E-state index in [-0.39, 0.29) is 23.6 Å². The van der Waals surface area contributed by atoms with Crippen molar-refractivity contribution in [1.29, 1.82) is 0 Å². The molecule has 1 aliphatic rings. The molecule has 7 heteroatoms. The maximum Gasteiger partial charge on any atom is 0.291 e. The van der Waals surface area contributed by atoms with E-state index in [1.54, 1.807) is 47.6 Å². The van der Waals surface area contributed by atoms with Crippen LogP contribution in [0, 0.1) is 0 Å². The van der Waals surface area contributed by atoms with E-state index in [0.29, 0.717) is 34.6 Å². The maximum atomic E-state index is 13.5. The first-order chi connectivity index (χ1) is 15.6. The summed E-state index contributed by atoms with van der Waals surface area (Å²) in [7, 11) is 0. The summed E-state index contributed by atoms with van der Waals surface area (Å²) in [4.78, 5) is 28.5. The number of carbonyl (C=O) groups is 1. The highest BCUT2D eigenvalue weighted by molar-refractivity contribution is 9.10. The summed E-state index contributed by atoms with van der Waals surface area (Å²) < 4.78 is 17.8. The number of ether oxygens (including phenoxy) is 1.